The zero-order valence-electron chi connectivity index (χ0n) is 10.4. The van der Waals surface area contributed by atoms with Crippen LogP contribution in [0.3, 0.4) is 0 Å². The minimum atomic E-state index is -0.0862. The van der Waals surface area contributed by atoms with Gasteiger partial charge in [0.25, 0.3) is 5.91 Å². The number of aromatic nitrogens is 1. The summed E-state index contributed by atoms with van der Waals surface area (Å²) in [6.07, 6.45) is 2.56. The summed E-state index contributed by atoms with van der Waals surface area (Å²) < 4.78 is 0.757. The summed E-state index contributed by atoms with van der Waals surface area (Å²) in [5.41, 5.74) is 6.15. The zero-order valence-corrected chi connectivity index (χ0v) is 12.0. The number of nitrogen functional groups attached to an aromatic ring is 1. The number of carbonyl (C=O) groups is 1. The summed E-state index contributed by atoms with van der Waals surface area (Å²) in [5.74, 6) is 0.759. The van der Waals surface area contributed by atoms with Crippen LogP contribution in [0, 0.1) is 5.92 Å². The van der Waals surface area contributed by atoms with Gasteiger partial charge >= 0.3 is 0 Å². The smallest absolute Gasteiger partial charge is 0.257 e. The summed E-state index contributed by atoms with van der Waals surface area (Å²) >= 11 is 3.29. The number of carbonyl (C=O) groups excluding carboxylic acids is 1. The normalized spacial score (nSPS) is 10.6. The van der Waals surface area contributed by atoms with Crippen LogP contribution in [0.4, 0.5) is 5.82 Å². The highest BCUT2D eigenvalue weighted by molar-refractivity contribution is 9.10. The molecule has 0 aliphatic carbocycles. The predicted octanol–water partition coefficient (Wildman–Crippen LogP) is 2.54. The first-order valence-corrected chi connectivity index (χ1v) is 6.37. The Balaban J connectivity index is 2.78. The summed E-state index contributed by atoms with van der Waals surface area (Å²) in [6, 6.07) is 1.70. The van der Waals surface area contributed by atoms with Crippen LogP contribution < -0.4 is 5.73 Å². The number of nitrogens with zero attached hydrogens (tertiary/aromatic N) is 2. The van der Waals surface area contributed by atoms with Crippen LogP contribution in [0.2, 0.25) is 0 Å². The fourth-order valence-corrected chi connectivity index (χ4v) is 1.71. The highest BCUT2D eigenvalue weighted by Gasteiger charge is 2.16. The van der Waals surface area contributed by atoms with Crippen LogP contribution in [0.25, 0.3) is 0 Å². The van der Waals surface area contributed by atoms with Gasteiger partial charge in [0.2, 0.25) is 0 Å². The van der Waals surface area contributed by atoms with Gasteiger partial charge in [-0.1, -0.05) is 13.8 Å². The van der Waals surface area contributed by atoms with Gasteiger partial charge in [-0.05, 0) is 34.3 Å². The molecule has 94 valence electrons. The third kappa shape index (κ3) is 4.00. The van der Waals surface area contributed by atoms with Gasteiger partial charge in [-0.2, -0.15) is 0 Å². The van der Waals surface area contributed by atoms with Gasteiger partial charge in [-0.3, -0.25) is 4.79 Å². The Kier molecular flexibility index (Phi) is 4.93. The Morgan fingerprint density at radius 3 is 2.82 bits per heavy atom. The minimum absolute atomic E-state index is 0.0862. The third-order valence-electron chi connectivity index (χ3n) is 2.50. The summed E-state index contributed by atoms with van der Waals surface area (Å²) in [7, 11) is 1.78. The van der Waals surface area contributed by atoms with Crippen LogP contribution in [0.5, 0.6) is 0 Å². The summed E-state index contributed by atoms with van der Waals surface area (Å²) in [5, 5.41) is 0. The lowest BCUT2D eigenvalue weighted by Crippen LogP contribution is -2.29. The van der Waals surface area contributed by atoms with E-state index in [2.05, 4.69) is 34.8 Å². The second-order valence-electron chi connectivity index (χ2n) is 4.50. The fraction of sp³-hybridized carbons (Fsp3) is 0.500. The minimum Gasteiger partial charge on any atom is -0.383 e. The van der Waals surface area contributed by atoms with Crippen molar-refractivity contribution in [2.24, 2.45) is 5.92 Å². The van der Waals surface area contributed by atoms with Gasteiger partial charge in [0, 0.05) is 24.3 Å². The van der Waals surface area contributed by atoms with Gasteiger partial charge in [0.05, 0.1) is 5.56 Å². The average molecular weight is 300 g/mol. The van der Waals surface area contributed by atoms with Crippen molar-refractivity contribution in [1.29, 1.82) is 0 Å². The molecule has 5 heteroatoms. The predicted molar refractivity (Wildman–Crippen MR) is 72.8 cm³/mol. The fourth-order valence-electron chi connectivity index (χ4n) is 1.38. The van der Waals surface area contributed by atoms with Gasteiger partial charge in [0.15, 0.2) is 0 Å². The lowest BCUT2D eigenvalue weighted by molar-refractivity contribution is 0.0790. The maximum absolute atomic E-state index is 12.1. The number of halogens is 1. The van der Waals surface area contributed by atoms with Crippen molar-refractivity contribution in [2.45, 2.75) is 20.3 Å². The lowest BCUT2D eigenvalue weighted by atomic mass is 10.1. The molecule has 1 amide bonds. The molecule has 0 saturated heterocycles. The highest BCUT2D eigenvalue weighted by Crippen LogP contribution is 2.17. The topological polar surface area (TPSA) is 59.2 Å². The first kappa shape index (κ1) is 14.0. The second kappa shape index (κ2) is 6.00. The quantitative estimate of drug-likeness (QED) is 0.929. The van der Waals surface area contributed by atoms with Gasteiger partial charge in [-0.25, -0.2) is 4.98 Å². The van der Waals surface area contributed by atoms with E-state index in [9.17, 15) is 4.79 Å². The average Bonchev–Trinajstić information content (AvgIpc) is 2.28. The zero-order chi connectivity index (χ0) is 13.0. The molecule has 4 nitrogen and oxygen atoms in total. The number of pyridine rings is 1. The van der Waals surface area contributed by atoms with Crippen LogP contribution in [0.15, 0.2) is 16.7 Å². The van der Waals surface area contributed by atoms with Crippen molar-refractivity contribution in [1.82, 2.24) is 9.88 Å². The third-order valence-corrected chi connectivity index (χ3v) is 2.94. The van der Waals surface area contributed by atoms with E-state index in [0.29, 0.717) is 11.5 Å². The Bertz CT molecular complexity index is 407. The maximum atomic E-state index is 12.1. The molecule has 0 radical (unpaired) electrons. The van der Waals surface area contributed by atoms with Crippen molar-refractivity contribution >= 4 is 27.7 Å². The van der Waals surface area contributed by atoms with Crippen molar-refractivity contribution in [3.05, 3.63) is 22.3 Å². The Hall–Kier alpha value is -1.10. The summed E-state index contributed by atoms with van der Waals surface area (Å²) in [4.78, 5) is 17.8. The molecule has 1 rings (SSSR count). The second-order valence-corrected chi connectivity index (χ2v) is 5.41. The first-order valence-electron chi connectivity index (χ1n) is 5.58. The monoisotopic (exact) mass is 299 g/mol. The maximum Gasteiger partial charge on any atom is 0.257 e. The number of hydrogen-bond acceptors (Lipinski definition) is 3. The van der Waals surface area contributed by atoms with Crippen molar-refractivity contribution in [3.8, 4) is 0 Å². The van der Waals surface area contributed by atoms with E-state index in [1.165, 1.54) is 0 Å². The molecule has 0 unspecified atom stereocenters. The van der Waals surface area contributed by atoms with Gasteiger partial charge in [0.1, 0.15) is 5.82 Å². The van der Waals surface area contributed by atoms with E-state index < -0.39 is 0 Å². The van der Waals surface area contributed by atoms with Crippen molar-refractivity contribution in [2.75, 3.05) is 19.3 Å². The lowest BCUT2D eigenvalue weighted by Gasteiger charge is -2.19. The van der Waals surface area contributed by atoms with E-state index in [1.807, 2.05) is 0 Å². The van der Waals surface area contributed by atoms with Crippen molar-refractivity contribution < 1.29 is 4.79 Å². The molecule has 1 aromatic heterocycles. The number of anilines is 1. The van der Waals surface area contributed by atoms with E-state index in [-0.39, 0.29) is 11.7 Å². The highest BCUT2D eigenvalue weighted by atomic mass is 79.9. The van der Waals surface area contributed by atoms with Crippen LogP contribution >= 0.6 is 15.9 Å². The molecule has 0 atom stereocenters. The van der Waals surface area contributed by atoms with Gasteiger partial charge in [-0.15, -0.1) is 0 Å². The van der Waals surface area contributed by atoms with Crippen molar-refractivity contribution in [3.63, 3.8) is 0 Å². The Morgan fingerprint density at radius 1 is 1.59 bits per heavy atom. The first-order chi connectivity index (χ1) is 7.91. The SMILES string of the molecule is CC(C)CCN(C)C(=O)c1cc(Br)cnc1N. The molecule has 1 heterocycles. The molecule has 0 saturated carbocycles. The molecule has 1 aromatic rings. The molecule has 2 N–H and O–H groups in total. The van der Waals surface area contributed by atoms with E-state index >= 15 is 0 Å². The number of nitrogens with two attached hydrogens (primary N) is 1. The number of hydrogen-bond donors (Lipinski definition) is 1. The van der Waals surface area contributed by atoms with Crippen LogP contribution in [-0.2, 0) is 0 Å². The molecule has 0 aliphatic heterocycles. The molecule has 0 bridgehead atoms. The van der Waals surface area contributed by atoms with E-state index in [0.717, 1.165) is 17.4 Å². The Labute approximate surface area is 110 Å². The van der Waals surface area contributed by atoms with Crippen LogP contribution in [0.1, 0.15) is 30.6 Å². The van der Waals surface area contributed by atoms with E-state index in [1.54, 1.807) is 24.2 Å². The summed E-state index contributed by atoms with van der Waals surface area (Å²) in [6.45, 7) is 4.99. The van der Waals surface area contributed by atoms with Gasteiger partial charge < -0.3 is 10.6 Å². The largest absolute Gasteiger partial charge is 0.383 e. The van der Waals surface area contributed by atoms with E-state index in [4.69, 9.17) is 5.73 Å². The number of rotatable bonds is 4. The van der Waals surface area contributed by atoms with Crippen LogP contribution in [-0.4, -0.2) is 29.4 Å². The molecular weight excluding hydrogens is 282 g/mol. The molecule has 0 aliphatic rings. The number of amides is 1. The molecule has 0 spiro atoms. The molecule has 0 fully saturated rings. The standard InChI is InChI=1S/C12H18BrN3O/c1-8(2)4-5-16(3)12(17)10-6-9(13)7-15-11(10)14/h6-8H,4-5H2,1-3H3,(H2,14,15). The molecular formula is C12H18BrN3O. The molecule has 0 aromatic carbocycles. The Morgan fingerprint density at radius 2 is 2.24 bits per heavy atom. The molecule has 17 heavy (non-hydrogen) atoms.